The van der Waals surface area contributed by atoms with E-state index in [-0.39, 0.29) is 41.5 Å². The SMILES string of the molecule is CC(C)C[C@H](NC(=O)c1nc2cccc(OC(F)(F)F)c2[nH]1)C(=O)N[C@@H](C[C@@H]1CCNC1=O)C(N)=O. The van der Waals surface area contributed by atoms with Crippen molar-refractivity contribution >= 4 is 34.7 Å². The van der Waals surface area contributed by atoms with Crippen LogP contribution in [-0.4, -0.2) is 58.6 Å². The summed E-state index contributed by atoms with van der Waals surface area (Å²) >= 11 is 0. The summed E-state index contributed by atoms with van der Waals surface area (Å²) in [6.45, 7) is 4.08. The Labute approximate surface area is 203 Å². The Balaban J connectivity index is 1.76. The number of carbonyl (C=O) groups is 4. The first-order chi connectivity index (χ1) is 16.8. The number of ether oxygens (including phenoxy) is 1. The number of amides is 4. The number of benzene rings is 1. The normalized spacial score (nSPS) is 17.5. The lowest BCUT2D eigenvalue weighted by atomic mass is 9.97. The van der Waals surface area contributed by atoms with Gasteiger partial charge in [0.15, 0.2) is 11.6 Å². The Morgan fingerprint density at radius 3 is 2.53 bits per heavy atom. The number of rotatable bonds is 10. The van der Waals surface area contributed by atoms with Crippen molar-refractivity contribution in [2.45, 2.75) is 51.6 Å². The number of hydrogen-bond acceptors (Lipinski definition) is 6. The van der Waals surface area contributed by atoms with Crippen molar-refractivity contribution in [3.63, 3.8) is 0 Å². The third-order valence-corrected chi connectivity index (χ3v) is 5.59. The van der Waals surface area contributed by atoms with E-state index >= 15 is 0 Å². The molecule has 2 aromatic rings. The van der Waals surface area contributed by atoms with Crippen LogP contribution >= 0.6 is 0 Å². The summed E-state index contributed by atoms with van der Waals surface area (Å²) in [7, 11) is 0. The fourth-order valence-electron chi connectivity index (χ4n) is 3.92. The maximum atomic E-state index is 13.0. The fourth-order valence-corrected chi connectivity index (χ4v) is 3.92. The van der Waals surface area contributed by atoms with E-state index in [4.69, 9.17) is 5.73 Å². The third-order valence-electron chi connectivity index (χ3n) is 5.59. The first-order valence-corrected chi connectivity index (χ1v) is 11.3. The topological polar surface area (TPSA) is 168 Å². The van der Waals surface area contributed by atoms with Crippen molar-refractivity contribution in [3.05, 3.63) is 24.0 Å². The Bertz CT molecular complexity index is 1150. The minimum atomic E-state index is -4.95. The minimum Gasteiger partial charge on any atom is -0.403 e. The number of para-hydroxylation sites is 1. The highest BCUT2D eigenvalue weighted by atomic mass is 19.4. The number of halogens is 3. The average molecular weight is 512 g/mol. The van der Waals surface area contributed by atoms with Crippen LogP contribution in [0.3, 0.4) is 0 Å². The monoisotopic (exact) mass is 512 g/mol. The van der Waals surface area contributed by atoms with Gasteiger partial charge in [-0.25, -0.2) is 4.98 Å². The predicted octanol–water partition coefficient (Wildman–Crippen LogP) is 1.10. The number of nitrogens with one attached hydrogen (secondary N) is 4. The van der Waals surface area contributed by atoms with E-state index in [1.165, 1.54) is 12.1 Å². The van der Waals surface area contributed by atoms with Gasteiger partial charge in [-0.2, -0.15) is 0 Å². The first-order valence-electron chi connectivity index (χ1n) is 11.3. The molecule has 0 unspecified atom stereocenters. The Morgan fingerprint density at radius 2 is 1.94 bits per heavy atom. The molecule has 3 rings (SSSR count). The summed E-state index contributed by atoms with van der Waals surface area (Å²) in [5.41, 5.74) is 5.33. The summed E-state index contributed by atoms with van der Waals surface area (Å²) in [5, 5.41) is 7.65. The van der Waals surface area contributed by atoms with E-state index in [1.54, 1.807) is 0 Å². The van der Waals surface area contributed by atoms with Crippen molar-refractivity contribution in [1.29, 1.82) is 0 Å². The molecule has 11 nitrogen and oxygen atoms in total. The average Bonchev–Trinajstić information content (AvgIpc) is 3.38. The van der Waals surface area contributed by atoms with Gasteiger partial charge in [-0.1, -0.05) is 19.9 Å². The maximum Gasteiger partial charge on any atom is 0.573 e. The number of hydrogen-bond donors (Lipinski definition) is 5. The van der Waals surface area contributed by atoms with Crippen LogP contribution in [0, 0.1) is 11.8 Å². The van der Waals surface area contributed by atoms with Crippen molar-refractivity contribution in [2.24, 2.45) is 17.6 Å². The molecule has 1 aromatic heterocycles. The molecule has 0 radical (unpaired) electrons. The standard InChI is InChI=1S/C22H27F3N6O5/c1-10(2)8-14(20(34)29-13(17(26)32)9-11-6-7-27-19(11)33)30-21(35)18-28-12-4-3-5-15(16(12)31-18)36-22(23,24)25/h3-5,10-11,13-14H,6-9H2,1-2H3,(H2,26,32)(H,27,33)(H,28,31)(H,29,34)(H,30,35)/t11-,13-,14-/m0/s1. The summed E-state index contributed by atoms with van der Waals surface area (Å²) in [4.78, 5) is 56.1. The molecule has 3 atom stereocenters. The lowest BCUT2D eigenvalue weighted by Gasteiger charge is -2.23. The van der Waals surface area contributed by atoms with Crippen LogP contribution < -0.4 is 26.4 Å². The second kappa shape index (κ2) is 10.8. The molecule has 0 saturated carbocycles. The zero-order valence-electron chi connectivity index (χ0n) is 19.6. The quantitative estimate of drug-likeness (QED) is 0.319. The van der Waals surface area contributed by atoms with Crippen LogP contribution in [0.5, 0.6) is 5.75 Å². The second-order valence-electron chi connectivity index (χ2n) is 8.91. The third kappa shape index (κ3) is 6.86. The Hall–Kier alpha value is -3.84. The number of alkyl halides is 3. The molecular weight excluding hydrogens is 485 g/mol. The maximum absolute atomic E-state index is 13.0. The predicted molar refractivity (Wildman–Crippen MR) is 120 cm³/mol. The van der Waals surface area contributed by atoms with Crippen molar-refractivity contribution in [1.82, 2.24) is 25.9 Å². The number of H-pyrrole nitrogens is 1. The smallest absolute Gasteiger partial charge is 0.403 e. The van der Waals surface area contributed by atoms with Crippen molar-refractivity contribution < 1.29 is 37.1 Å². The highest BCUT2D eigenvalue weighted by Gasteiger charge is 2.34. The summed E-state index contributed by atoms with van der Waals surface area (Å²) in [6.07, 6.45) is -4.26. The van der Waals surface area contributed by atoms with Gasteiger partial charge in [-0.3, -0.25) is 19.2 Å². The van der Waals surface area contributed by atoms with Gasteiger partial charge in [0.2, 0.25) is 17.7 Å². The van der Waals surface area contributed by atoms with Crippen molar-refractivity contribution in [2.75, 3.05) is 6.54 Å². The summed E-state index contributed by atoms with van der Waals surface area (Å²) in [6, 6.07) is 1.50. The molecule has 1 aliphatic heterocycles. The lowest BCUT2D eigenvalue weighted by Crippen LogP contribution is -2.54. The first kappa shape index (κ1) is 26.8. The minimum absolute atomic E-state index is 0.0147. The molecule has 2 heterocycles. The molecule has 0 bridgehead atoms. The van der Waals surface area contributed by atoms with Crippen LogP contribution in [-0.2, 0) is 14.4 Å². The van der Waals surface area contributed by atoms with Gasteiger partial charge in [-0.05, 0) is 37.3 Å². The summed E-state index contributed by atoms with van der Waals surface area (Å²) in [5.74, 6) is -4.05. The largest absolute Gasteiger partial charge is 0.573 e. The Morgan fingerprint density at radius 1 is 1.22 bits per heavy atom. The Kier molecular flexibility index (Phi) is 8.05. The highest BCUT2D eigenvalue weighted by Crippen LogP contribution is 2.29. The van der Waals surface area contributed by atoms with Gasteiger partial charge >= 0.3 is 6.36 Å². The number of aromatic nitrogens is 2. The molecule has 4 amide bonds. The molecule has 14 heteroatoms. The van der Waals surface area contributed by atoms with E-state index in [1.807, 2.05) is 13.8 Å². The highest BCUT2D eigenvalue weighted by molar-refractivity contribution is 5.98. The van der Waals surface area contributed by atoms with E-state index in [0.29, 0.717) is 13.0 Å². The van der Waals surface area contributed by atoms with E-state index < -0.39 is 47.8 Å². The second-order valence-corrected chi connectivity index (χ2v) is 8.91. The van der Waals surface area contributed by atoms with Gasteiger partial charge in [0.25, 0.3) is 5.91 Å². The zero-order chi connectivity index (χ0) is 26.6. The van der Waals surface area contributed by atoms with E-state index in [9.17, 15) is 32.3 Å². The van der Waals surface area contributed by atoms with Gasteiger partial charge in [0.05, 0.1) is 5.52 Å². The van der Waals surface area contributed by atoms with Gasteiger partial charge in [0.1, 0.15) is 17.6 Å². The van der Waals surface area contributed by atoms with E-state index in [2.05, 4.69) is 30.7 Å². The molecule has 6 N–H and O–H groups in total. The number of imidazole rings is 1. The van der Waals surface area contributed by atoms with Crippen LogP contribution in [0.15, 0.2) is 18.2 Å². The zero-order valence-corrected chi connectivity index (χ0v) is 19.6. The van der Waals surface area contributed by atoms with Gasteiger partial charge in [0, 0.05) is 12.5 Å². The van der Waals surface area contributed by atoms with Gasteiger partial charge in [-0.15, -0.1) is 13.2 Å². The molecule has 1 aliphatic rings. The van der Waals surface area contributed by atoms with E-state index in [0.717, 1.165) is 6.07 Å². The molecule has 1 aromatic carbocycles. The van der Waals surface area contributed by atoms with Crippen molar-refractivity contribution in [3.8, 4) is 5.75 Å². The van der Waals surface area contributed by atoms with Gasteiger partial charge < -0.3 is 31.4 Å². The van der Waals surface area contributed by atoms with Crippen LogP contribution in [0.4, 0.5) is 13.2 Å². The van der Waals surface area contributed by atoms with Crippen LogP contribution in [0.1, 0.15) is 43.7 Å². The number of nitrogens with zero attached hydrogens (tertiary/aromatic N) is 1. The molecule has 36 heavy (non-hydrogen) atoms. The van der Waals surface area contributed by atoms with Crippen LogP contribution in [0.25, 0.3) is 11.0 Å². The molecular formula is C22H27F3N6O5. The molecule has 196 valence electrons. The summed E-state index contributed by atoms with van der Waals surface area (Å²) < 4.78 is 42.0. The number of nitrogens with two attached hydrogens (primary N) is 1. The number of primary amides is 1. The number of aromatic amines is 1. The number of carbonyl (C=O) groups excluding carboxylic acids is 4. The lowest BCUT2D eigenvalue weighted by molar-refractivity contribution is -0.274. The van der Waals surface area contributed by atoms with Crippen LogP contribution in [0.2, 0.25) is 0 Å². The molecule has 1 saturated heterocycles. The molecule has 0 spiro atoms. The molecule has 0 aliphatic carbocycles. The number of fused-ring (bicyclic) bond motifs is 1. The fraction of sp³-hybridized carbons (Fsp3) is 0.500. The molecule has 1 fully saturated rings.